The third-order valence-electron chi connectivity index (χ3n) is 1.68. The Bertz CT molecular complexity index is 295. The Kier molecular flexibility index (Phi) is 3.44. The van der Waals surface area contributed by atoms with Gasteiger partial charge in [-0.15, -0.1) is 0 Å². The lowest BCUT2D eigenvalue weighted by Crippen LogP contribution is -2.29. The minimum absolute atomic E-state index is 0.702. The van der Waals surface area contributed by atoms with Crippen molar-refractivity contribution < 1.29 is 0 Å². The van der Waals surface area contributed by atoms with Crippen LogP contribution in [0.15, 0.2) is 24.3 Å². The predicted molar refractivity (Wildman–Crippen MR) is 51.7 cm³/mol. The highest BCUT2D eigenvalue weighted by Crippen LogP contribution is 2.02. The first-order valence-electron chi connectivity index (χ1n) is 4.12. The molecular weight excluding hydrogens is 162 g/mol. The molecule has 13 heavy (non-hydrogen) atoms. The van der Waals surface area contributed by atoms with Crippen LogP contribution in [0.4, 0.5) is 0 Å². The van der Waals surface area contributed by atoms with Gasteiger partial charge in [0.2, 0.25) is 0 Å². The monoisotopic (exact) mass is 175 g/mol. The maximum atomic E-state index is 8.57. The Hall–Kier alpha value is -1.37. The molecule has 1 aromatic carbocycles. The number of hydrazine groups is 1. The topological polar surface area (TPSA) is 39.1 Å². The summed E-state index contributed by atoms with van der Waals surface area (Å²) < 4.78 is 0. The largest absolute Gasteiger partial charge is 0.251 e. The van der Waals surface area contributed by atoms with Crippen LogP contribution in [0.2, 0.25) is 0 Å². The number of nitrogens with one attached hydrogen (secondary N) is 1. The van der Waals surface area contributed by atoms with Crippen LogP contribution in [-0.2, 0) is 6.54 Å². The fourth-order valence-corrected chi connectivity index (χ4v) is 0.947. The third kappa shape index (κ3) is 3.24. The molecule has 0 aliphatic carbocycles. The van der Waals surface area contributed by atoms with E-state index in [2.05, 4.69) is 11.5 Å². The average molecular weight is 175 g/mol. The summed E-state index contributed by atoms with van der Waals surface area (Å²) in [4.78, 5) is 0. The molecule has 3 heteroatoms. The van der Waals surface area contributed by atoms with Gasteiger partial charge in [-0.1, -0.05) is 12.1 Å². The molecule has 68 valence electrons. The maximum absolute atomic E-state index is 8.57. The van der Waals surface area contributed by atoms with Crippen LogP contribution in [0.3, 0.4) is 0 Å². The van der Waals surface area contributed by atoms with E-state index in [0.717, 1.165) is 6.54 Å². The number of nitrogens with zero attached hydrogens (tertiary/aromatic N) is 2. The molecule has 0 aliphatic heterocycles. The SMILES string of the molecule is CN(C)NCc1ccc(C#N)cc1. The van der Waals surface area contributed by atoms with E-state index in [1.54, 1.807) is 0 Å². The first kappa shape index (κ1) is 9.72. The third-order valence-corrected chi connectivity index (χ3v) is 1.68. The van der Waals surface area contributed by atoms with Crippen LogP contribution in [0.1, 0.15) is 11.1 Å². The van der Waals surface area contributed by atoms with Crippen molar-refractivity contribution in [3.8, 4) is 6.07 Å². The van der Waals surface area contributed by atoms with Gasteiger partial charge in [0.15, 0.2) is 0 Å². The summed E-state index contributed by atoms with van der Waals surface area (Å²) in [6.45, 7) is 0.790. The number of hydrogen-bond acceptors (Lipinski definition) is 3. The van der Waals surface area contributed by atoms with Crippen molar-refractivity contribution in [2.75, 3.05) is 14.1 Å². The van der Waals surface area contributed by atoms with Crippen molar-refractivity contribution in [2.45, 2.75) is 6.54 Å². The van der Waals surface area contributed by atoms with E-state index < -0.39 is 0 Å². The van der Waals surface area contributed by atoms with Gasteiger partial charge in [0.1, 0.15) is 0 Å². The lowest BCUT2D eigenvalue weighted by atomic mass is 10.1. The van der Waals surface area contributed by atoms with Gasteiger partial charge in [-0.2, -0.15) is 5.26 Å². The van der Waals surface area contributed by atoms with Gasteiger partial charge in [0, 0.05) is 20.6 Å². The van der Waals surface area contributed by atoms with Crippen LogP contribution in [0.5, 0.6) is 0 Å². The quantitative estimate of drug-likeness (QED) is 0.700. The van der Waals surface area contributed by atoms with Crippen molar-refractivity contribution in [2.24, 2.45) is 0 Å². The van der Waals surface area contributed by atoms with Gasteiger partial charge in [-0.3, -0.25) is 10.4 Å². The van der Waals surface area contributed by atoms with Crippen LogP contribution in [0, 0.1) is 11.3 Å². The minimum atomic E-state index is 0.702. The van der Waals surface area contributed by atoms with E-state index in [9.17, 15) is 0 Å². The smallest absolute Gasteiger partial charge is 0.0991 e. The zero-order valence-corrected chi connectivity index (χ0v) is 7.91. The molecule has 0 aromatic heterocycles. The lowest BCUT2D eigenvalue weighted by Gasteiger charge is -2.11. The molecule has 0 bridgehead atoms. The second kappa shape index (κ2) is 4.61. The van der Waals surface area contributed by atoms with Gasteiger partial charge in [-0.25, -0.2) is 0 Å². The Morgan fingerprint density at radius 1 is 1.31 bits per heavy atom. The first-order chi connectivity index (χ1) is 6.22. The van der Waals surface area contributed by atoms with Crippen LogP contribution >= 0.6 is 0 Å². The highest BCUT2D eigenvalue weighted by atomic mass is 15.5. The van der Waals surface area contributed by atoms with E-state index in [4.69, 9.17) is 5.26 Å². The number of nitriles is 1. The summed E-state index contributed by atoms with van der Waals surface area (Å²) in [5, 5.41) is 10.5. The molecule has 0 fully saturated rings. The van der Waals surface area contributed by atoms with Gasteiger partial charge in [0.05, 0.1) is 11.6 Å². The number of hydrogen-bond donors (Lipinski definition) is 1. The highest BCUT2D eigenvalue weighted by molar-refractivity contribution is 5.31. The fourth-order valence-electron chi connectivity index (χ4n) is 0.947. The lowest BCUT2D eigenvalue weighted by molar-refractivity contribution is 0.286. The van der Waals surface area contributed by atoms with Crippen LogP contribution < -0.4 is 5.43 Å². The molecule has 0 atom stereocenters. The normalized spacial score (nSPS) is 10.0. The van der Waals surface area contributed by atoms with Crippen molar-refractivity contribution in [1.82, 2.24) is 10.4 Å². The molecule has 3 nitrogen and oxygen atoms in total. The minimum Gasteiger partial charge on any atom is -0.251 e. The van der Waals surface area contributed by atoms with E-state index in [-0.39, 0.29) is 0 Å². The molecule has 1 aromatic rings. The van der Waals surface area contributed by atoms with Gasteiger partial charge in [0.25, 0.3) is 0 Å². The fraction of sp³-hybridized carbons (Fsp3) is 0.300. The Morgan fingerprint density at radius 3 is 2.38 bits per heavy atom. The Labute approximate surface area is 78.6 Å². The Balaban J connectivity index is 2.55. The molecule has 0 radical (unpaired) electrons. The number of benzene rings is 1. The summed E-state index contributed by atoms with van der Waals surface area (Å²) in [6, 6.07) is 9.65. The van der Waals surface area contributed by atoms with Crippen molar-refractivity contribution in [3.63, 3.8) is 0 Å². The second-order valence-corrected chi connectivity index (χ2v) is 3.04. The summed E-state index contributed by atoms with van der Waals surface area (Å²) >= 11 is 0. The van der Waals surface area contributed by atoms with E-state index in [1.165, 1.54) is 5.56 Å². The van der Waals surface area contributed by atoms with E-state index in [1.807, 2.05) is 43.4 Å². The van der Waals surface area contributed by atoms with Gasteiger partial charge >= 0.3 is 0 Å². The first-order valence-corrected chi connectivity index (χ1v) is 4.12. The number of rotatable bonds is 3. The molecule has 0 aliphatic rings. The second-order valence-electron chi connectivity index (χ2n) is 3.04. The van der Waals surface area contributed by atoms with Crippen molar-refractivity contribution in [3.05, 3.63) is 35.4 Å². The van der Waals surface area contributed by atoms with Gasteiger partial charge in [-0.05, 0) is 17.7 Å². The van der Waals surface area contributed by atoms with Crippen molar-refractivity contribution in [1.29, 1.82) is 5.26 Å². The van der Waals surface area contributed by atoms with Crippen LogP contribution in [-0.4, -0.2) is 19.1 Å². The maximum Gasteiger partial charge on any atom is 0.0991 e. The highest BCUT2D eigenvalue weighted by Gasteiger charge is 1.93. The predicted octanol–water partition coefficient (Wildman–Crippen LogP) is 1.12. The zero-order chi connectivity index (χ0) is 9.68. The summed E-state index contributed by atoms with van der Waals surface area (Å²) in [6.07, 6.45) is 0. The summed E-state index contributed by atoms with van der Waals surface area (Å²) in [7, 11) is 3.90. The van der Waals surface area contributed by atoms with Gasteiger partial charge < -0.3 is 0 Å². The van der Waals surface area contributed by atoms with Crippen molar-refractivity contribution >= 4 is 0 Å². The molecular formula is C10H13N3. The summed E-state index contributed by atoms with van der Waals surface area (Å²) in [5.41, 5.74) is 5.03. The van der Waals surface area contributed by atoms with E-state index >= 15 is 0 Å². The standard InChI is InChI=1S/C10H13N3/c1-13(2)12-8-10-5-3-9(7-11)4-6-10/h3-6,12H,8H2,1-2H3. The molecule has 1 rings (SSSR count). The Morgan fingerprint density at radius 2 is 1.92 bits per heavy atom. The average Bonchev–Trinajstić information content (AvgIpc) is 2.15. The van der Waals surface area contributed by atoms with E-state index in [0.29, 0.717) is 5.56 Å². The molecule has 0 spiro atoms. The molecule has 0 saturated heterocycles. The molecule has 0 unspecified atom stereocenters. The molecule has 0 saturated carbocycles. The molecule has 1 N–H and O–H groups in total. The molecule has 0 heterocycles. The summed E-state index contributed by atoms with van der Waals surface area (Å²) in [5.74, 6) is 0. The van der Waals surface area contributed by atoms with Crippen LogP contribution in [0.25, 0.3) is 0 Å². The molecule has 0 amide bonds. The zero-order valence-electron chi connectivity index (χ0n) is 7.91.